The van der Waals surface area contributed by atoms with Crippen LogP contribution in [0.3, 0.4) is 0 Å². The molecular formula is C30H39N7O. The van der Waals surface area contributed by atoms with Crippen molar-refractivity contribution in [3.63, 3.8) is 0 Å². The summed E-state index contributed by atoms with van der Waals surface area (Å²) in [6, 6.07) is 13.8. The van der Waals surface area contributed by atoms with E-state index >= 15 is 0 Å². The highest BCUT2D eigenvalue weighted by molar-refractivity contribution is 5.99. The summed E-state index contributed by atoms with van der Waals surface area (Å²) in [4.78, 5) is 14.5. The molecule has 0 saturated carbocycles. The molecule has 1 aromatic heterocycles. The SMILES string of the molecule is C=C(/C=C(C)\N=C(/C)c1ccc(N2CC3CC(C2)N3Cc2ccc(OCC)cc2)nc1)NC(=N)/C=C(/C)N. The molecule has 5 rings (SSSR count). The number of pyridine rings is 1. The fourth-order valence-corrected chi connectivity index (χ4v) is 5.07. The molecule has 4 heterocycles. The molecule has 200 valence electrons. The van der Waals surface area contributed by atoms with Crippen LogP contribution in [-0.4, -0.2) is 53.2 Å². The van der Waals surface area contributed by atoms with Gasteiger partial charge in [-0.15, -0.1) is 0 Å². The molecule has 2 unspecified atom stereocenters. The number of piperazine rings is 1. The van der Waals surface area contributed by atoms with E-state index in [1.165, 1.54) is 12.0 Å². The summed E-state index contributed by atoms with van der Waals surface area (Å²) in [5.41, 5.74) is 10.7. The van der Waals surface area contributed by atoms with Crippen molar-refractivity contribution < 1.29 is 4.74 Å². The van der Waals surface area contributed by atoms with Crippen LogP contribution < -0.4 is 20.7 Å². The van der Waals surface area contributed by atoms with Gasteiger partial charge in [-0.2, -0.15) is 0 Å². The Hall–Kier alpha value is -3.91. The van der Waals surface area contributed by atoms with Crippen LogP contribution in [0.15, 0.2) is 83.4 Å². The summed E-state index contributed by atoms with van der Waals surface area (Å²) in [6.07, 6.45) is 6.50. The Labute approximate surface area is 226 Å². The van der Waals surface area contributed by atoms with Gasteiger partial charge in [-0.25, -0.2) is 4.98 Å². The van der Waals surface area contributed by atoms with Crippen molar-refractivity contribution >= 4 is 17.4 Å². The third-order valence-electron chi connectivity index (χ3n) is 6.83. The number of amidine groups is 1. The highest BCUT2D eigenvalue weighted by Crippen LogP contribution is 2.35. The smallest absolute Gasteiger partial charge is 0.128 e. The van der Waals surface area contributed by atoms with E-state index in [9.17, 15) is 0 Å². The highest BCUT2D eigenvalue weighted by Gasteiger charge is 2.44. The molecule has 3 aliphatic rings. The van der Waals surface area contributed by atoms with Crippen LogP contribution >= 0.6 is 0 Å². The first-order valence-electron chi connectivity index (χ1n) is 13.1. The molecule has 0 radical (unpaired) electrons. The van der Waals surface area contributed by atoms with Gasteiger partial charge in [-0.05, 0) is 76.1 Å². The predicted octanol–water partition coefficient (Wildman–Crippen LogP) is 4.60. The number of nitrogens with two attached hydrogens (primary N) is 1. The molecule has 3 saturated heterocycles. The summed E-state index contributed by atoms with van der Waals surface area (Å²) >= 11 is 0. The highest BCUT2D eigenvalue weighted by atomic mass is 16.5. The van der Waals surface area contributed by atoms with Crippen LogP contribution in [0, 0.1) is 5.41 Å². The van der Waals surface area contributed by atoms with E-state index in [0.29, 0.717) is 30.1 Å². The van der Waals surface area contributed by atoms with Crippen molar-refractivity contribution in [1.29, 1.82) is 5.41 Å². The normalized spacial score (nSPS) is 20.1. The molecule has 1 aromatic carbocycles. The van der Waals surface area contributed by atoms with E-state index in [1.54, 1.807) is 19.1 Å². The van der Waals surface area contributed by atoms with Crippen LogP contribution in [0.5, 0.6) is 5.75 Å². The fraction of sp³-hybridized carbons (Fsp3) is 0.367. The molecule has 0 amide bonds. The van der Waals surface area contributed by atoms with E-state index in [2.05, 4.69) is 63.1 Å². The lowest BCUT2D eigenvalue weighted by Crippen LogP contribution is -2.68. The van der Waals surface area contributed by atoms with Gasteiger partial charge in [0, 0.05) is 66.3 Å². The summed E-state index contributed by atoms with van der Waals surface area (Å²) in [7, 11) is 0. The molecular weight excluding hydrogens is 474 g/mol. The molecule has 2 atom stereocenters. The van der Waals surface area contributed by atoms with Gasteiger partial charge in [0.25, 0.3) is 0 Å². The van der Waals surface area contributed by atoms with Crippen LogP contribution in [0.1, 0.15) is 45.2 Å². The largest absolute Gasteiger partial charge is 0.494 e. The lowest BCUT2D eigenvalue weighted by molar-refractivity contribution is -0.00869. The lowest BCUT2D eigenvalue weighted by atomic mass is 9.86. The number of hydrogen-bond acceptors (Lipinski definition) is 7. The summed E-state index contributed by atoms with van der Waals surface area (Å²) in [5.74, 6) is 2.14. The maximum absolute atomic E-state index is 7.86. The number of fused-ring (bicyclic) bond motifs is 2. The van der Waals surface area contributed by atoms with Gasteiger partial charge in [0.2, 0.25) is 0 Å². The topological polar surface area (TPSA) is 103 Å². The average molecular weight is 514 g/mol. The zero-order chi connectivity index (χ0) is 27.2. The van der Waals surface area contributed by atoms with E-state index in [1.807, 2.05) is 27.0 Å². The fourth-order valence-electron chi connectivity index (χ4n) is 5.07. The number of allylic oxidation sites excluding steroid dienone is 3. The van der Waals surface area contributed by atoms with Crippen molar-refractivity contribution in [3.05, 3.63) is 89.5 Å². The standard InChI is InChI=1S/C30H39N7O/c1-6-38-28-10-7-24(8-11-28)17-37-26-15-27(37)19-36(18-26)30-12-9-25(16-33-30)23(5)34-21(3)14-22(4)35-29(32)13-20(2)31/h7-14,16,26-27H,4,6,15,17-19,31H2,1-3,5H3,(H2,32,35)/b20-13-,21-14-,34-23+. The molecule has 8 heteroatoms. The Morgan fingerprint density at radius 3 is 2.47 bits per heavy atom. The number of aromatic nitrogens is 1. The van der Waals surface area contributed by atoms with Crippen molar-refractivity contribution in [2.75, 3.05) is 24.6 Å². The third kappa shape index (κ3) is 6.89. The Morgan fingerprint density at radius 2 is 1.87 bits per heavy atom. The maximum atomic E-state index is 7.86. The second kappa shape index (κ2) is 12.1. The number of anilines is 1. The second-order valence-electron chi connectivity index (χ2n) is 10.0. The molecule has 3 aliphatic heterocycles. The summed E-state index contributed by atoms with van der Waals surface area (Å²) < 4.78 is 5.57. The molecule has 2 aromatic rings. The number of hydrogen-bond donors (Lipinski definition) is 3. The van der Waals surface area contributed by atoms with E-state index in [0.717, 1.165) is 48.2 Å². The number of benzene rings is 1. The van der Waals surface area contributed by atoms with Gasteiger partial charge in [0.1, 0.15) is 17.4 Å². The van der Waals surface area contributed by atoms with Gasteiger partial charge in [-0.1, -0.05) is 18.7 Å². The molecule has 3 fully saturated rings. The summed E-state index contributed by atoms with van der Waals surface area (Å²) in [5, 5.41) is 10.7. The minimum absolute atomic E-state index is 0.189. The summed E-state index contributed by atoms with van der Waals surface area (Å²) in [6.45, 7) is 15.2. The number of aliphatic imine (C=N–C) groups is 1. The Bertz CT molecular complexity index is 1230. The van der Waals surface area contributed by atoms with Crippen molar-refractivity contribution in [2.24, 2.45) is 10.7 Å². The van der Waals surface area contributed by atoms with E-state index in [4.69, 9.17) is 20.9 Å². The first-order chi connectivity index (χ1) is 18.2. The van der Waals surface area contributed by atoms with Crippen molar-refractivity contribution in [1.82, 2.24) is 15.2 Å². The molecule has 38 heavy (non-hydrogen) atoms. The second-order valence-corrected chi connectivity index (χ2v) is 10.0. The zero-order valence-corrected chi connectivity index (χ0v) is 22.9. The molecule has 4 N–H and O–H groups in total. The number of ether oxygens (including phenoxy) is 1. The number of piperidine rings is 1. The molecule has 0 aliphatic carbocycles. The Kier molecular flexibility index (Phi) is 8.63. The lowest BCUT2D eigenvalue weighted by Gasteiger charge is -2.56. The molecule has 0 spiro atoms. The van der Waals surface area contributed by atoms with Gasteiger partial charge >= 0.3 is 0 Å². The average Bonchev–Trinajstić information content (AvgIpc) is 2.87. The van der Waals surface area contributed by atoms with Gasteiger partial charge in [0.05, 0.1) is 6.61 Å². The molecule has 2 bridgehead atoms. The third-order valence-corrected chi connectivity index (χ3v) is 6.83. The van der Waals surface area contributed by atoms with Crippen molar-refractivity contribution in [2.45, 2.75) is 52.7 Å². The van der Waals surface area contributed by atoms with Crippen LogP contribution in [0.4, 0.5) is 5.82 Å². The quantitative estimate of drug-likeness (QED) is 0.244. The molecule has 8 nitrogen and oxygen atoms in total. The maximum Gasteiger partial charge on any atom is 0.128 e. The first-order valence-corrected chi connectivity index (χ1v) is 13.1. The minimum Gasteiger partial charge on any atom is -0.494 e. The Morgan fingerprint density at radius 1 is 1.16 bits per heavy atom. The zero-order valence-electron chi connectivity index (χ0n) is 22.9. The number of nitrogens with zero attached hydrogens (tertiary/aromatic N) is 4. The van der Waals surface area contributed by atoms with Crippen LogP contribution in [-0.2, 0) is 6.54 Å². The van der Waals surface area contributed by atoms with Gasteiger partial charge in [0.15, 0.2) is 0 Å². The van der Waals surface area contributed by atoms with Crippen LogP contribution in [0.25, 0.3) is 0 Å². The van der Waals surface area contributed by atoms with Crippen molar-refractivity contribution in [3.8, 4) is 5.75 Å². The number of rotatable bonds is 10. The predicted molar refractivity (Wildman–Crippen MR) is 156 cm³/mol. The van der Waals surface area contributed by atoms with Crippen LogP contribution in [0.2, 0.25) is 0 Å². The van der Waals surface area contributed by atoms with Gasteiger partial charge < -0.3 is 20.7 Å². The van der Waals surface area contributed by atoms with E-state index in [-0.39, 0.29) is 5.84 Å². The minimum atomic E-state index is 0.189. The van der Waals surface area contributed by atoms with Gasteiger partial charge in [-0.3, -0.25) is 15.3 Å². The number of nitrogens with one attached hydrogen (secondary N) is 2. The monoisotopic (exact) mass is 513 g/mol. The first kappa shape index (κ1) is 27.1. The van der Waals surface area contributed by atoms with E-state index < -0.39 is 0 Å². The Balaban J connectivity index is 1.31.